The number of hydrogen-bond donors (Lipinski definition) is 1. The Hall–Kier alpha value is -3.25. The Kier molecular flexibility index (Phi) is 6.56. The SMILES string of the molecule is COC1(C(=O)NC2CCc3nc(C)n(C(C)C)c(=O)c3C2Cc2cccc(-c3ccccc3)c2)CC1. The van der Waals surface area contributed by atoms with Crippen molar-refractivity contribution in [2.75, 3.05) is 7.11 Å². The van der Waals surface area contributed by atoms with Gasteiger partial charge in [0.15, 0.2) is 0 Å². The number of methoxy groups -OCH3 is 1. The zero-order chi connectivity index (χ0) is 25.4. The van der Waals surface area contributed by atoms with Crippen molar-refractivity contribution in [1.82, 2.24) is 14.9 Å². The van der Waals surface area contributed by atoms with Crippen LogP contribution in [-0.4, -0.2) is 34.2 Å². The first-order valence-corrected chi connectivity index (χ1v) is 13.0. The fourth-order valence-corrected chi connectivity index (χ4v) is 5.69. The van der Waals surface area contributed by atoms with Crippen molar-refractivity contribution in [2.45, 2.75) is 76.5 Å². The number of aromatic nitrogens is 2. The molecular formula is C30H35N3O3. The fraction of sp³-hybridized carbons (Fsp3) is 0.433. The van der Waals surface area contributed by atoms with E-state index in [0.29, 0.717) is 12.8 Å². The first-order valence-electron chi connectivity index (χ1n) is 13.0. The van der Waals surface area contributed by atoms with Crippen LogP contribution in [0.1, 0.15) is 67.7 Å². The average Bonchev–Trinajstić information content (AvgIpc) is 3.67. The van der Waals surface area contributed by atoms with Crippen LogP contribution in [0.25, 0.3) is 11.1 Å². The van der Waals surface area contributed by atoms with Crippen molar-refractivity contribution >= 4 is 5.91 Å². The Morgan fingerprint density at radius 3 is 2.53 bits per heavy atom. The predicted octanol–water partition coefficient (Wildman–Crippen LogP) is 4.74. The molecule has 1 heterocycles. The lowest BCUT2D eigenvalue weighted by molar-refractivity contribution is -0.134. The second-order valence-electron chi connectivity index (χ2n) is 10.5. The molecule has 2 aliphatic carbocycles. The topological polar surface area (TPSA) is 73.2 Å². The number of amides is 1. The van der Waals surface area contributed by atoms with E-state index in [1.165, 1.54) is 0 Å². The van der Waals surface area contributed by atoms with Gasteiger partial charge in [0.1, 0.15) is 11.4 Å². The Labute approximate surface area is 212 Å². The van der Waals surface area contributed by atoms with Crippen LogP contribution < -0.4 is 10.9 Å². The van der Waals surface area contributed by atoms with Crippen LogP contribution in [0.4, 0.5) is 0 Å². The van der Waals surface area contributed by atoms with Crippen molar-refractivity contribution in [3.63, 3.8) is 0 Å². The first-order chi connectivity index (χ1) is 17.3. The molecule has 0 radical (unpaired) electrons. The second-order valence-corrected chi connectivity index (χ2v) is 10.5. The van der Waals surface area contributed by atoms with Crippen molar-refractivity contribution < 1.29 is 9.53 Å². The summed E-state index contributed by atoms with van der Waals surface area (Å²) in [6.45, 7) is 5.93. The molecule has 1 aromatic heterocycles. The van der Waals surface area contributed by atoms with E-state index in [9.17, 15) is 9.59 Å². The number of carbonyl (C=O) groups is 1. The second kappa shape index (κ2) is 9.66. The monoisotopic (exact) mass is 485 g/mol. The number of fused-ring (bicyclic) bond motifs is 1. The smallest absolute Gasteiger partial charge is 0.257 e. The summed E-state index contributed by atoms with van der Waals surface area (Å²) in [5.74, 6) is 0.519. The molecule has 1 N–H and O–H groups in total. The summed E-state index contributed by atoms with van der Waals surface area (Å²) >= 11 is 0. The number of hydrogen-bond acceptors (Lipinski definition) is 4. The molecular weight excluding hydrogens is 450 g/mol. The van der Waals surface area contributed by atoms with E-state index in [1.54, 1.807) is 11.7 Å². The Morgan fingerprint density at radius 2 is 1.86 bits per heavy atom. The van der Waals surface area contributed by atoms with Crippen LogP contribution in [0.15, 0.2) is 59.4 Å². The molecule has 0 bridgehead atoms. The molecule has 1 fully saturated rings. The van der Waals surface area contributed by atoms with Gasteiger partial charge < -0.3 is 10.1 Å². The normalized spacial score (nSPS) is 20.1. The number of benzene rings is 2. The highest BCUT2D eigenvalue weighted by molar-refractivity contribution is 5.88. The van der Waals surface area contributed by atoms with Crippen LogP contribution in [-0.2, 0) is 22.4 Å². The van der Waals surface area contributed by atoms with Gasteiger partial charge in [-0.05, 0) is 69.6 Å². The number of ether oxygens (including phenoxy) is 1. The van der Waals surface area contributed by atoms with Gasteiger partial charge in [-0.2, -0.15) is 0 Å². The summed E-state index contributed by atoms with van der Waals surface area (Å²) in [6, 6.07) is 18.6. The first kappa shape index (κ1) is 24.4. The molecule has 2 unspecified atom stereocenters. The molecule has 0 spiro atoms. The van der Waals surface area contributed by atoms with E-state index in [0.717, 1.165) is 53.0 Å². The summed E-state index contributed by atoms with van der Waals surface area (Å²) in [7, 11) is 1.60. The maximum Gasteiger partial charge on any atom is 0.257 e. The third-order valence-electron chi connectivity index (χ3n) is 7.79. The Bertz CT molecular complexity index is 1330. The zero-order valence-electron chi connectivity index (χ0n) is 21.6. The van der Waals surface area contributed by atoms with Crippen LogP contribution in [0.3, 0.4) is 0 Å². The molecule has 6 nitrogen and oxygen atoms in total. The van der Waals surface area contributed by atoms with E-state index in [-0.39, 0.29) is 29.5 Å². The van der Waals surface area contributed by atoms with Gasteiger partial charge in [-0.25, -0.2) is 4.98 Å². The molecule has 3 aromatic rings. The molecule has 36 heavy (non-hydrogen) atoms. The lowest BCUT2D eigenvalue weighted by Crippen LogP contribution is -2.50. The summed E-state index contributed by atoms with van der Waals surface area (Å²) < 4.78 is 7.33. The average molecular weight is 486 g/mol. The van der Waals surface area contributed by atoms with Gasteiger partial charge in [0, 0.05) is 30.7 Å². The van der Waals surface area contributed by atoms with Crippen molar-refractivity contribution in [2.24, 2.45) is 0 Å². The van der Waals surface area contributed by atoms with E-state index < -0.39 is 5.60 Å². The number of aryl methyl sites for hydroxylation is 2. The highest BCUT2D eigenvalue weighted by atomic mass is 16.5. The van der Waals surface area contributed by atoms with E-state index in [4.69, 9.17) is 9.72 Å². The van der Waals surface area contributed by atoms with E-state index in [1.807, 2.05) is 39.0 Å². The van der Waals surface area contributed by atoms with Gasteiger partial charge in [0.25, 0.3) is 11.5 Å². The molecule has 6 heteroatoms. The summed E-state index contributed by atoms with van der Waals surface area (Å²) in [4.78, 5) is 31.9. The largest absolute Gasteiger partial charge is 0.368 e. The Morgan fingerprint density at radius 1 is 1.14 bits per heavy atom. The molecule has 2 aliphatic rings. The standard InChI is InChI=1S/C30H35N3O3/c1-19(2)33-20(3)31-26-14-13-25(32-29(35)30(36-4)15-16-30)24(27(26)28(33)34)18-21-9-8-12-23(17-21)22-10-6-5-7-11-22/h5-12,17,19,24-25H,13-16,18H2,1-4H3,(H,32,35). The van der Waals surface area contributed by atoms with Crippen molar-refractivity contribution in [3.8, 4) is 11.1 Å². The summed E-state index contributed by atoms with van der Waals surface area (Å²) in [6.07, 6.45) is 3.55. The molecule has 0 aliphatic heterocycles. The summed E-state index contributed by atoms with van der Waals surface area (Å²) in [5.41, 5.74) is 4.36. The fourth-order valence-electron chi connectivity index (χ4n) is 5.69. The zero-order valence-corrected chi connectivity index (χ0v) is 21.6. The van der Waals surface area contributed by atoms with Crippen LogP contribution in [0.5, 0.6) is 0 Å². The van der Waals surface area contributed by atoms with Gasteiger partial charge >= 0.3 is 0 Å². The number of carbonyl (C=O) groups excluding carboxylic acids is 1. The van der Waals surface area contributed by atoms with Crippen molar-refractivity contribution in [3.05, 3.63) is 87.6 Å². The Balaban J connectivity index is 1.55. The van der Waals surface area contributed by atoms with Crippen LogP contribution in [0.2, 0.25) is 0 Å². The highest BCUT2D eigenvalue weighted by Gasteiger charge is 2.51. The lowest BCUT2D eigenvalue weighted by Gasteiger charge is -2.35. The number of rotatable bonds is 7. The minimum Gasteiger partial charge on any atom is -0.368 e. The van der Waals surface area contributed by atoms with Gasteiger partial charge in [0.2, 0.25) is 0 Å². The van der Waals surface area contributed by atoms with Gasteiger partial charge in [-0.1, -0.05) is 54.6 Å². The van der Waals surface area contributed by atoms with Crippen LogP contribution >= 0.6 is 0 Å². The quantitative estimate of drug-likeness (QED) is 0.525. The van der Waals surface area contributed by atoms with Gasteiger partial charge in [-0.15, -0.1) is 0 Å². The maximum atomic E-state index is 13.8. The van der Waals surface area contributed by atoms with E-state index in [2.05, 4.69) is 41.7 Å². The third kappa shape index (κ3) is 4.50. The van der Waals surface area contributed by atoms with E-state index >= 15 is 0 Å². The summed E-state index contributed by atoms with van der Waals surface area (Å²) in [5, 5.41) is 3.28. The van der Waals surface area contributed by atoms with Gasteiger partial charge in [0.05, 0.1) is 5.69 Å². The minimum absolute atomic E-state index is 0.00977. The molecule has 1 amide bonds. The maximum absolute atomic E-state index is 13.8. The lowest BCUT2D eigenvalue weighted by atomic mass is 9.78. The van der Waals surface area contributed by atoms with Gasteiger partial charge in [-0.3, -0.25) is 14.2 Å². The number of nitrogens with one attached hydrogen (secondary N) is 1. The molecule has 2 atom stereocenters. The number of nitrogens with zero attached hydrogens (tertiary/aromatic N) is 2. The molecule has 0 saturated heterocycles. The molecule has 1 saturated carbocycles. The van der Waals surface area contributed by atoms with Crippen LogP contribution in [0, 0.1) is 6.92 Å². The molecule has 5 rings (SSSR count). The minimum atomic E-state index is -0.707. The highest BCUT2D eigenvalue weighted by Crippen LogP contribution is 2.40. The molecule has 2 aromatic carbocycles. The molecule has 188 valence electrons. The third-order valence-corrected chi connectivity index (χ3v) is 7.79. The van der Waals surface area contributed by atoms with Crippen molar-refractivity contribution in [1.29, 1.82) is 0 Å². The predicted molar refractivity (Wildman–Crippen MR) is 141 cm³/mol.